The third kappa shape index (κ3) is 2.33. The van der Waals surface area contributed by atoms with Crippen LogP contribution < -0.4 is 0 Å². The highest BCUT2D eigenvalue weighted by atomic mass is 35.5. The van der Waals surface area contributed by atoms with Gasteiger partial charge in [0, 0.05) is 5.56 Å². The molecule has 2 aromatic rings. The first-order chi connectivity index (χ1) is 8.49. The predicted molar refractivity (Wildman–Crippen MR) is 63.8 cm³/mol. The fourth-order valence-electron chi connectivity index (χ4n) is 1.54. The molecule has 1 N–H and O–H groups in total. The summed E-state index contributed by atoms with van der Waals surface area (Å²) in [6.07, 6.45) is 0. The zero-order chi connectivity index (χ0) is 13.3. The number of benzene rings is 2. The Labute approximate surface area is 106 Å². The lowest BCUT2D eigenvalue weighted by Crippen LogP contribution is -1.97. The van der Waals surface area contributed by atoms with Crippen LogP contribution in [-0.2, 0) is 0 Å². The molecular weight excluding hydrogens is 262 g/mol. The smallest absolute Gasteiger partial charge is 0.335 e. The molecule has 0 bridgehead atoms. The van der Waals surface area contributed by atoms with E-state index in [2.05, 4.69) is 0 Å². The van der Waals surface area contributed by atoms with Gasteiger partial charge in [-0.15, -0.1) is 0 Å². The Morgan fingerprint density at radius 2 is 1.72 bits per heavy atom. The third-order valence-corrected chi connectivity index (χ3v) is 2.73. The van der Waals surface area contributed by atoms with Crippen LogP contribution in [0.2, 0.25) is 5.02 Å². The van der Waals surface area contributed by atoms with E-state index in [1.165, 1.54) is 18.2 Å². The average Bonchev–Trinajstić information content (AvgIpc) is 2.33. The molecule has 2 aromatic carbocycles. The van der Waals surface area contributed by atoms with Crippen molar-refractivity contribution in [2.45, 2.75) is 0 Å². The van der Waals surface area contributed by atoms with Gasteiger partial charge in [0.15, 0.2) is 0 Å². The number of carbonyl (C=O) groups is 1. The van der Waals surface area contributed by atoms with Crippen molar-refractivity contribution in [3.8, 4) is 11.1 Å². The van der Waals surface area contributed by atoms with Crippen molar-refractivity contribution in [1.29, 1.82) is 0 Å². The summed E-state index contributed by atoms with van der Waals surface area (Å²) in [5.74, 6) is -2.37. The summed E-state index contributed by atoms with van der Waals surface area (Å²) in [6.45, 7) is 0. The van der Waals surface area contributed by atoms with Gasteiger partial charge in [-0.3, -0.25) is 0 Å². The Morgan fingerprint density at radius 3 is 2.33 bits per heavy atom. The zero-order valence-corrected chi connectivity index (χ0v) is 9.71. The predicted octanol–water partition coefficient (Wildman–Crippen LogP) is 3.98. The number of carboxylic acids is 1. The number of hydrogen-bond acceptors (Lipinski definition) is 1. The van der Waals surface area contributed by atoms with Gasteiger partial charge in [-0.05, 0) is 35.9 Å². The van der Waals surface area contributed by atoms with Gasteiger partial charge in [-0.25, -0.2) is 13.6 Å². The van der Waals surface area contributed by atoms with Crippen LogP contribution in [0.4, 0.5) is 8.78 Å². The molecule has 0 radical (unpaired) electrons. The minimum Gasteiger partial charge on any atom is -0.478 e. The highest BCUT2D eigenvalue weighted by Gasteiger charge is 2.11. The molecule has 0 aliphatic carbocycles. The lowest BCUT2D eigenvalue weighted by Gasteiger charge is -2.06. The quantitative estimate of drug-likeness (QED) is 0.894. The highest BCUT2D eigenvalue weighted by molar-refractivity contribution is 6.31. The second kappa shape index (κ2) is 4.74. The Morgan fingerprint density at radius 1 is 1.06 bits per heavy atom. The molecule has 0 aromatic heterocycles. The van der Waals surface area contributed by atoms with E-state index < -0.39 is 17.6 Å². The molecule has 0 fully saturated rings. The standard InChI is InChI=1S/C13H7ClF2O2/c14-10-6-7(1-4-12(10)16)9-5-8(13(17)18)2-3-11(9)15/h1-6H,(H,17,18). The van der Waals surface area contributed by atoms with Crippen molar-refractivity contribution in [3.63, 3.8) is 0 Å². The first-order valence-electron chi connectivity index (χ1n) is 4.97. The van der Waals surface area contributed by atoms with Crippen molar-refractivity contribution in [2.75, 3.05) is 0 Å². The molecule has 0 saturated carbocycles. The normalized spacial score (nSPS) is 10.4. The van der Waals surface area contributed by atoms with Crippen LogP contribution in [0, 0.1) is 11.6 Å². The van der Waals surface area contributed by atoms with Gasteiger partial charge in [0.2, 0.25) is 0 Å². The van der Waals surface area contributed by atoms with Gasteiger partial charge in [0.1, 0.15) is 11.6 Å². The Balaban J connectivity index is 2.58. The van der Waals surface area contributed by atoms with Crippen LogP contribution in [0.5, 0.6) is 0 Å². The summed E-state index contributed by atoms with van der Waals surface area (Å²) in [4.78, 5) is 10.8. The summed E-state index contributed by atoms with van der Waals surface area (Å²) in [6, 6.07) is 7.08. The maximum atomic E-state index is 13.6. The molecule has 0 unspecified atom stereocenters. The topological polar surface area (TPSA) is 37.3 Å². The fourth-order valence-corrected chi connectivity index (χ4v) is 1.72. The van der Waals surface area contributed by atoms with Crippen LogP contribution >= 0.6 is 11.6 Å². The van der Waals surface area contributed by atoms with Crippen LogP contribution in [-0.4, -0.2) is 11.1 Å². The molecule has 2 nitrogen and oxygen atoms in total. The van der Waals surface area contributed by atoms with E-state index in [-0.39, 0.29) is 16.1 Å². The Bertz CT molecular complexity index is 626. The maximum absolute atomic E-state index is 13.6. The van der Waals surface area contributed by atoms with E-state index in [0.29, 0.717) is 5.56 Å². The third-order valence-electron chi connectivity index (χ3n) is 2.44. The molecule has 0 heterocycles. The van der Waals surface area contributed by atoms with Gasteiger partial charge in [0.05, 0.1) is 10.6 Å². The fraction of sp³-hybridized carbons (Fsp3) is 0. The number of aromatic carboxylic acids is 1. The van der Waals surface area contributed by atoms with E-state index in [9.17, 15) is 13.6 Å². The van der Waals surface area contributed by atoms with E-state index in [4.69, 9.17) is 16.7 Å². The highest BCUT2D eigenvalue weighted by Crippen LogP contribution is 2.27. The zero-order valence-electron chi connectivity index (χ0n) is 8.95. The molecule has 18 heavy (non-hydrogen) atoms. The largest absolute Gasteiger partial charge is 0.478 e. The summed E-state index contributed by atoms with van der Waals surface area (Å²) in [5.41, 5.74) is 0.339. The van der Waals surface area contributed by atoms with Crippen LogP contribution in [0.25, 0.3) is 11.1 Å². The molecule has 5 heteroatoms. The van der Waals surface area contributed by atoms with Gasteiger partial charge in [-0.2, -0.15) is 0 Å². The van der Waals surface area contributed by atoms with Gasteiger partial charge in [-0.1, -0.05) is 17.7 Å². The molecular formula is C13H7ClF2O2. The van der Waals surface area contributed by atoms with Crippen molar-refractivity contribution >= 4 is 17.6 Å². The van der Waals surface area contributed by atoms with Crippen molar-refractivity contribution in [3.05, 3.63) is 58.6 Å². The summed E-state index contributed by atoms with van der Waals surface area (Å²) < 4.78 is 26.6. The first-order valence-corrected chi connectivity index (χ1v) is 5.35. The van der Waals surface area contributed by atoms with Crippen LogP contribution in [0.1, 0.15) is 10.4 Å². The van der Waals surface area contributed by atoms with Crippen molar-refractivity contribution in [1.82, 2.24) is 0 Å². The van der Waals surface area contributed by atoms with E-state index in [1.807, 2.05) is 0 Å². The number of rotatable bonds is 2. The molecule has 0 amide bonds. The molecule has 0 atom stereocenters. The van der Waals surface area contributed by atoms with E-state index in [0.717, 1.165) is 18.2 Å². The molecule has 0 saturated heterocycles. The summed E-state index contributed by atoms with van der Waals surface area (Å²) >= 11 is 5.60. The van der Waals surface area contributed by atoms with Gasteiger partial charge < -0.3 is 5.11 Å². The van der Waals surface area contributed by atoms with Gasteiger partial charge >= 0.3 is 5.97 Å². The number of halogens is 3. The minimum atomic E-state index is -1.16. The van der Waals surface area contributed by atoms with Crippen molar-refractivity contribution in [2.24, 2.45) is 0 Å². The SMILES string of the molecule is O=C(O)c1ccc(F)c(-c2ccc(F)c(Cl)c2)c1. The number of hydrogen-bond donors (Lipinski definition) is 1. The summed E-state index contributed by atoms with van der Waals surface area (Å²) in [5, 5.41) is 8.69. The minimum absolute atomic E-state index is 0.0492. The second-order valence-electron chi connectivity index (χ2n) is 3.63. The molecule has 0 spiro atoms. The Hall–Kier alpha value is -1.94. The average molecular weight is 269 g/mol. The van der Waals surface area contributed by atoms with E-state index in [1.54, 1.807) is 0 Å². The lowest BCUT2D eigenvalue weighted by atomic mass is 10.0. The lowest BCUT2D eigenvalue weighted by molar-refractivity contribution is 0.0697. The van der Waals surface area contributed by atoms with Gasteiger partial charge in [0.25, 0.3) is 0 Å². The molecule has 2 rings (SSSR count). The first kappa shape index (κ1) is 12.5. The van der Waals surface area contributed by atoms with Crippen LogP contribution in [0.3, 0.4) is 0 Å². The number of carboxylic acid groups (broad SMARTS) is 1. The Kier molecular flexibility index (Phi) is 3.30. The second-order valence-corrected chi connectivity index (χ2v) is 4.04. The molecule has 0 aliphatic rings. The molecule has 92 valence electrons. The monoisotopic (exact) mass is 268 g/mol. The van der Waals surface area contributed by atoms with Crippen LogP contribution in [0.15, 0.2) is 36.4 Å². The molecule has 0 aliphatic heterocycles. The van der Waals surface area contributed by atoms with E-state index >= 15 is 0 Å². The summed E-state index contributed by atoms with van der Waals surface area (Å²) in [7, 11) is 0. The maximum Gasteiger partial charge on any atom is 0.335 e. The van der Waals surface area contributed by atoms with Crippen molar-refractivity contribution < 1.29 is 18.7 Å².